The van der Waals surface area contributed by atoms with Crippen LogP contribution in [-0.4, -0.2) is 25.7 Å². The van der Waals surface area contributed by atoms with E-state index in [1.165, 1.54) is 11.8 Å². The summed E-state index contributed by atoms with van der Waals surface area (Å²) in [4.78, 5) is 12.0. The molecule has 0 bridgehead atoms. The van der Waals surface area contributed by atoms with Crippen molar-refractivity contribution in [1.82, 2.24) is 14.6 Å². The number of nitrogens with zero attached hydrogens (tertiary/aromatic N) is 3. The summed E-state index contributed by atoms with van der Waals surface area (Å²) < 4.78 is 2.36. The van der Waals surface area contributed by atoms with E-state index in [1.54, 1.807) is 18.2 Å². The molecule has 2 aromatic heterocycles. The van der Waals surface area contributed by atoms with Crippen LogP contribution in [0.4, 0.5) is 0 Å². The Balaban J connectivity index is 2.08. The Kier molecular flexibility index (Phi) is 3.45. The van der Waals surface area contributed by atoms with Crippen LogP contribution in [0, 0.1) is 0 Å². The van der Waals surface area contributed by atoms with Crippen LogP contribution in [0.1, 0.15) is 10.4 Å². The predicted octanol–water partition coefficient (Wildman–Crippen LogP) is 3.34. The second-order valence-electron chi connectivity index (χ2n) is 3.93. The molecule has 3 aromatic rings. The van der Waals surface area contributed by atoms with Crippen molar-refractivity contribution in [1.29, 1.82) is 0 Å². The summed E-state index contributed by atoms with van der Waals surface area (Å²) in [6.07, 6.45) is 1.84. The molecule has 2 heterocycles. The van der Waals surface area contributed by atoms with Crippen molar-refractivity contribution < 1.29 is 9.90 Å². The first kappa shape index (κ1) is 13.1. The number of hydrogen-bond acceptors (Lipinski definition) is 4. The van der Waals surface area contributed by atoms with Crippen LogP contribution in [-0.2, 0) is 0 Å². The molecular formula is C13H8BrN3O2S. The van der Waals surface area contributed by atoms with Gasteiger partial charge in [-0.25, -0.2) is 4.79 Å². The first-order valence-electron chi connectivity index (χ1n) is 5.66. The van der Waals surface area contributed by atoms with Gasteiger partial charge in [0.2, 0.25) is 0 Å². The van der Waals surface area contributed by atoms with Gasteiger partial charge in [-0.1, -0.05) is 12.1 Å². The Labute approximate surface area is 126 Å². The molecule has 0 aliphatic carbocycles. The van der Waals surface area contributed by atoms with Crippen molar-refractivity contribution in [2.45, 2.75) is 10.1 Å². The number of aromatic nitrogens is 3. The van der Waals surface area contributed by atoms with Gasteiger partial charge in [-0.15, -0.1) is 10.2 Å². The van der Waals surface area contributed by atoms with Gasteiger partial charge in [-0.2, -0.15) is 0 Å². The second kappa shape index (κ2) is 5.26. The third-order valence-corrected chi connectivity index (χ3v) is 4.35. The van der Waals surface area contributed by atoms with Gasteiger partial charge >= 0.3 is 5.97 Å². The number of carbonyl (C=O) groups is 1. The minimum Gasteiger partial charge on any atom is -0.478 e. The summed E-state index contributed by atoms with van der Waals surface area (Å²) in [5, 5.41) is 18.1. The maximum absolute atomic E-state index is 11.3. The maximum atomic E-state index is 11.3. The van der Waals surface area contributed by atoms with Gasteiger partial charge in [-0.05, 0) is 52.0 Å². The molecule has 1 aromatic carbocycles. The number of carboxylic acid groups (broad SMARTS) is 1. The fourth-order valence-electron chi connectivity index (χ4n) is 1.78. The number of halogens is 1. The minimum absolute atomic E-state index is 0.227. The molecule has 20 heavy (non-hydrogen) atoms. The number of carboxylic acids is 1. The quantitative estimate of drug-likeness (QED) is 0.785. The lowest BCUT2D eigenvalue weighted by Gasteiger charge is -2.06. The summed E-state index contributed by atoms with van der Waals surface area (Å²) in [6, 6.07) is 10.8. The van der Waals surface area contributed by atoms with Gasteiger partial charge in [0.15, 0.2) is 10.8 Å². The highest BCUT2D eigenvalue weighted by Crippen LogP contribution is 2.33. The van der Waals surface area contributed by atoms with Crippen LogP contribution >= 0.6 is 27.7 Å². The van der Waals surface area contributed by atoms with Gasteiger partial charge in [0.1, 0.15) is 0 Å². The number of benzene rings is 1. The molecule has 0 saturated heterocycles. The largest absolute Gasteiger partial charge is 0.478 e. The number of fused-ring (bicyclic) bond motifs is 1. The molecular weight excluding hydrogens is 342 g/mol. The molecule has 0 spiro atoms. The van der Waals surface area contributed by atoms with Gasteiger partial charge in [0.25, 0.3) is 0 Å². The van der Waals surface area contributed by atoms with E-state index in [2.05, 4.69) is 26.1 Å². The van der Waals surface area contributed by atoms with Gasteiger partial charge in [0.05, 0.1) is 5.56 Å². The Morgan fingerprint density at radius 1 is 1.20 bits per heavy atom. The molecule has 100 valence electrons. The standard InChI is InChI=1S/C13H8BrN3O2S/c14-8-4-3-5-9(11(8)12(18)19)20-13-16-15-10-6-1-2-7-17(10)13/h1-7H,(H,18,19). The first-order valence-corrected chi connectivity index (χ1v) is 7.27. The Morgan fingerprint density at radius 3 is 2.85 bits per heavy atom. The van der Waals surface area contributed by atoms with Crippen molar-refractivity contribution in [3.8, 4) is 0 Å². The van der Waals surface area contributed by atoms with Crippen LogP contribution in [0.2, 0.25) is 0 Å². The smallest absolute Gasteiger partial charge is 0.338 e. The lowest BCUT2D eigenvalue weighted by atomic mass is 10.2. The van der Waals surface area contributed by atoms with E-state index in [-0.39, 0.29) is 5.56 Å². The van der Waals surface area contributed by atoms with Crippen molar-refractivity contribution in [2.24, 2.45) is 0 Å². The molecule has 7 heteroatoms. The molecule has 0 radical (unpaired) electrons. The van der Waals surface area contributed by atoms with E-state index >= 15 is 0 Å². The van der Waals surface area contributed by atoms with Crippen LogP contribution in [0.5, 0.6) is 0 Å². The highest BCUT2D eigenvalue weighted by atomic mass is 79.9. The number of hydrogen-bond donors (Lipinski definition) is 1. The molecule has 0 aliphatic rings. The van der Waals surface area contributed by atoms with Gasteiger partial charge < -0.3 is 5.11 Å². The van der Waals surface area contributed by atoms with Crippen molar-refractivity contribution in [3.05, 3.63) is 52.6 Å². The van der Waals surface area contributed by atoms with E-state index in [4.69, 9.17) is 0 Å². The third kappa shape index (κ3) is 2.30. The molecule has 0 aliphatic heterocycles. The number of pyridine rings is 1. The monoisotopic (exact) mass is 349 g/mol. The highest BCUT2D eigenvalue weighted by molar-refractivity contribution is 9.10. The topological polar surface area (TPSA) is 67.5 Å². The lowest BCUT2D eigenvalue weighted by molar-refractivity contribution is 0.0692. The van der Waals surface area contributed by atoms with Gasteiger partial charge in [0, 0.05) is 15.6 Å². The Hall–Kier alpha value is -1.86. The summed E-state index contributed by atoms with van der Waals surface area (Å²) in [5.41, 5.74) is 0.951. The summed E-state index contributed by atoms with van der Waals surface area (Å²) >= 11 is 4.54. The maximum Gasteiger partial charge on any atom is 0.338 e. The second-order valence-corrected chi connectivity index (χ2v) is 5.80. The molecule has 0 unspecified atom stereocenters. The number of aromatic carboxylic acids is 1. The predicted molar refractivity (Wildman–Crippen MR) is 78.2 cm³/mol. The van der Waals surface area contributed by atoms with E-state index < -0.39 is 5.97 Å². The average molecular weight is 350 g/mol. The number of rotatable bonds is 3. The zero-order valence-corrected chi connectivity index (χ0v) is 12.4. The summed E-state index contributed by atoms with van der Waals surface area (Å²) in [5.74, 6) is -0.978. The van der Waals surface area contributed by atoms with E-state index in [1.807, 2.05) is 28.8 Å². The summed E-state index contributed by atoms with van der Waals surface area (Å²) in [7, 11) is 0. The van der Waals surface area contributed by atoms with Crippen LogP contribution < -0.4 is 0 Å². The van der Waals surface area contributed by atoms with Crippen molar-refractivity contribution in [3.63, 3.8) is 0 Å². The van der Waals surface area contributed by atoms with E-state index in [0.717, 1.165) is 5.65 Å². The lowest BCUT2D eigenvalue weighted by Crippen LogP contribution is -2.00. The normalized spacial score (nSPS) is 10.8. The van der Waals surface area contributed by atoms with E-state index in [9.17, 15) is 9.90 Å². The average Bonchev–Trinajstić information content (AvgIpc) is 2.82. The molecule has 5 nitrogen and oxygen atoms in total. The van der Waals surface area contributed by atoms with Crippen molar-refractivity contribution in [2.75, 3.05) is 0 Å². The first-order chi connectivity index (χ1) is 9.66. The SMILES string of the molecule is O=C(O)c1c(Br)cccc1Sc1nnc2ccccn12. The van der Waals surface area contributed by atoms with Crippen LogP contribution in [0.3, 0.4) is 0 Å². The zero-order chi connectivity index (χ0) is 14.1. The highest BCUT2D eigenvalue weighted by Gasteiger charge is 2.17. The minimum atomic E-state index is -0.978. The Morgan fingerprint density at radius 2 is 2.05 bits per heavy atom. The van der Waals surface area contributed by atoms with Crippen LogP contribution in [0.25, 0.3) is 5.65 Å². The van der Waals surface area contributed by atoms with Gasteiger partial charge in [-0.3, -0.25) is 4.40 Å². The Bertz CT molecular complexity index is 803. The zero-order valence-electron chi connectivity index (χ0n) is 10.0. The molecule has 0 amide bonds. The fourth-order valence-corrected chi connectivity index (χ4v) is 3.43. The molecule has 0 fully saturated rings. The van der Waals surface area contributed by atoms with Crippen molar-refractivity contribution >= 4 is 39.3 Å². The fraction of sp³-hybridized carbons (Fsp3) is 0. The third-order valence-electron chi connectivity index (χ3n) is 2.67. The van der Waals surface area contributed by atoms with E-state index in [0.29, 0.717) is 14.5 Å². The summed E-state index contributed by atoms with van der Waals surface area (Å²) in [6.45, 7) is 0. The molecule has 1 N–H and O–H groups in total. The molecule has 0 atom stereocenters. The molecule has 3 rings (SSSR count). The molecule has 0 saturated carbocycles. The van der Waals surface area contributed by atoms with Crippen LogP contribution in [0.15, 0.2) is 57.1 Å².